The number of aliphatic hydroxyl groups excluding tert-OH is 2. The zero-order chi connectivity index (χ0) is 17.6. The van der Waals surface area contributed by atoms with E-state index in [1.165, 1.54) is 0 Å². The molecule has 7 nitrogen and oxygen atoms in total. The number of thiophene rings is 1. The third-order valence-electron chi connectivity index (χ3n) is 4.45. The molecule has 2 amide bonds. The van der Waals surface area contributed by atoms with Gasteiger partial charge in [0.05, 0.1) is 31.2 Å². The molecule has 2 heterocycles. The number of piperazine rings is 1. The molecule has 2 rings (SSSR count). The van der Waals surface area contributed by atoms with Crippen molar-refractivity contribution in [3.05, 3.63) is 22.4 Å². The highest BCUT2D eigenvalue weighted by molar-refractivity contribution is 7.09. The predicted molar refractivity (Wildman–Crippen MR) is 91.5 cm³/mol. The topological polar surface area (TPSA) is 102 Å². The van der Waals surface area contributed by atoms with E-state index in [0.717, 1.165) is 4.88 Å². The largest absolute Gasteiger partial charge is 0.394 e. The standard InChI is InChI=1S/C16H25N3O4S/c1-2-16(10-20,11-21)18-14(22)8-13-15(23)17-5-6-19(13)9-12-4-3-7-24-12/h3-4,7,13,20-21H,2,5-6,8-11H2,1H3,(H,17,23)(H,18,22)/t13-/m0/s1. The summed E-state index contributed by atoms with van der Waals surface area (Å²) in [6.45, 7) is 2.96. The van der Waals surface area contributed by atoms with Crippen molar-refractivity contribution in [3.8, 4) is 0 Å². The van der Waals surface area contributed by atoms with E-state index in [2.05, 4.69) is 10.6 Å². The first-order chi connectivity index (χ1) is 11.5. The Morgan fingerprint density at radius 1 is 1.50 bits per heavy atom. The smallest absolute Gasteiger partial charge is 0.237 e. The van der Waals surface area contributed by atoms with Crippen molar-refractivity contribution in [2.45, 2.75) is 37.9 Å². The van der Waals surface area contributed by atoms with E-state index in [9.17, 15) is 19.8 Å². The number of nitrogens with one attached hydrogen (secondary N) is 2. The average Bonchev–Trinajstić information content (AvgIpc) is 3.09. The Kier molecular flexibility index (Phi) is 6.73. The fourth-order valence-corrected chi connectivity index (χ4v) is 3.47. The minimum absolute atomic E-state index is 0.00103. The van der Waals surface area contributed by atoms with Crippen LogP contribution in [0, 0.1) is 0 Å². The summed E-state index contributed by atoms with van der Waals surface area (Å²) in [6.07, 6.45) is 0.403. The lowest BCUT2D eigenvalue weighted by Gasteiger charge is -2.36. The number of amides is 2. The van der Waals surface area contributed by atoms with Crippen LogP contribution in [-0.4, -0.2) is 64.8 Å². The summed E-state index contributed by atoms with van der Waals surface area (Å²) in [6, 6.07) is 3.42. The first kappa shape index (κ1) is 18.9. The van der Waals surface area contributed by atoms with Gasteiger partial charge in [0.25, 0.3) is 0 Å². The van der Waals surface area contributed by atoms with Gasteiger partial charge in [0, 0.05) is 24.5 Å². The summed E-state index contributed by atoms with van der Waals surface area (Å²) < 4.78 is 0. The van der Waals surface area contributed by atoms with Crippen LogP contribution in [0.4, 0.5) is 0 Å². The molecule has 1 fully saturated rings. The van der Waals surface area contributed by atoms with Crippen molar-refractivity contribution < 1.29 is 19.8 Å². The number of hydrogen-bond donors (Lipinski definition) is 4. The highest BCUT2D eigenvalue weighted by Crippen LogP contribution is 2.18. The van der Waals surface area contributed by atoms with Crippen LogP contribution >= 0.6 is 11.3 Å². The normalized spacial score (nSPS) is 19.1. The molecule has 1 aliphatic rings. The van der Waals surface area contributed by atoms with Crippen molar-refractivity contribution >= 4 is 23.2 Å². The molecule has 0 aliphatic carbocycles. The SMILES string of the molecule is CCC(CO)(CO)NC(=O)C[C@H]1C(=O)NCCN1Cc1cccs1. The maximum absolute atomic E-state index is 12.4. The number of carbonyl (C=O) groups excluding carboxylic acids is 2. The second kappa shape index (κ2) is 8.57. The molecule has 1 aromatic rings. The Bertz CT molecular complexity index is 537. The van der Waals surface area contributed by atoms with Crippen LogP contribution < -0.4 is 10.6 Å². The van der Waals surface area contributed by atoms with Gasteiger partial charge in [-0.05, 0) is 17.9 Å². The fourth-order valence-electron chi connectivity index (χ4n) is 2.74. The molecule has 0 bridgehead atoms. The zero-order valence-corrected chi connectivity index (χ0v) is 14.6. The van der Waals surface area contributed by atoms with Crippen molar-refractivity contribution in [1.82, 2.24) is 15.5 Å². The zero-order valence-electron chi connectivity index (χ0n) is 13.8. The number of aliphatic hydroxyl groups is 2. The van der Waals surface area contributed by atoms with Gasteiger partial charge in [-0.15, -0.1) is 11.3 Å². The first-order valence-corrected chi connectivity index (χ1v) is 8.98. The summed E-state index contributed by atoms with van der Waals surface area (Å²) in [5, 5.41) is 26.4. The van der Waals surface area contributed by atoms with E-state index < -0.39 is 11.6 Å². The quantitative estimate of drug-likeness (QED) is 0.512. The molecule has 24 heavy (non-hydrogen) atoms. The lowest BCUT2D eigenvalue weighted by molar-refractivity contribution is -0.135. The minimum Gasteiger partial charge on any atom is -0.394 e. The van der Waals surface area contributed by atoms with Crippen molar-refractivity contribution in [1.29, 1.82) is 0 Å². The van der Waals surface area contributed by atoms with E-state index in [1.54, 1.807) is 18.3 Å². The second-order valence-electron chi connectivity index (χ2n) is 6.06. The number of rotatable bonds is 8. The van der Waals surface area contributed by atoms with Gasteiger partial charge >= 0.3 is 0 Å². The van der Waals surface area contributed by atoms with Gasteiger partial charge in [-0.3, -0.25) is 14.5 Å². The first-order valence-electron chi connectivity index (χ1n) is 8.10. The van der Waals surface area contributed by atoms with E-state index in [4.69, 9.17) is 0 Å². The fraction of sp³-hybridized carbons (Fsp3) is 0.625. The van der Waals surface area contributed by atoms with Crippen molar-refractivity contribution in [3.63, 3.8) is 0 Å². The average molecular weight is 355 g/mol. The van der Waals surface area contributed by atoms with Crippen molar-refractivity contribution in [2.24, 2.45) is 0 Å². The van der Waals surface area contributed by atoms with Crippen LogP contribution in [0.2, 0.25) is 0 Å². The highest BCUT2D eigenvalue weighted by atomic mass is 32.1. The van der Waals surface area contributed by atoms with E-state index in [-0.39, 0.29) is 31.4 Å². The van der Waals surface area contributed by atoms with E-state index in [1.807, 2.05) is 22.4 Å². The molecule has 0 radical (unpaired) electrons. The van der Waals surface area contributed by atoms with Crippen LogP contribution in [0.3, 0.4) is 0 Å². The third kappa shape index (κ3) is 4.54. The van der Waals surface area contributed by atoms with E-state index in [0.29, 0.717) is 26.1 Å². The molecule has 0 saturated carbocycles. The van der Waals surface area contributed by atoms with Crippen LogP contribution in [0.5, 0.6) is 0 Å². The molecular formula is C16H25N3O4S. The van der Waals surface area contributed by atoms with Crippen LogP contribution in [0.25, 0.3) is 0 Å². The van der Waals surface area contributed by atoms with Crippen LogP contribution in [-0.2, 0) is 16.1 Å². The Morgan fingerprint density at radius 2 is 2.25 bits per heavy atom. The number of hydrogen-bond acceptors (Lipinski definition) is 6. The van der Waals surface area contributed by atoms with Crippen LogP contribution in [0.15, 0.2) is 17.5 Å². The van der Waals surface area contributed by atoms with Gasteiger partial charge in [0.2, 0.25) is 11.8 Å². The number of carbonyl (C=O) groups is 2. The van der Waals surface area contributed by atoms with Gasteiger partial charge in [-0.1, -0.05) is 13.0 Å². The number of nitrogens with zero attached hydrogens (tertiary/aromatic N) is 1. The Balaban J connectivity index is 2.03. The Morgan fingerprint density at radius 3 is 2.83 bits per heavy atom. The van der Waals surface area contributed by atoms with Gasteiger partial charge in [0.1, 0.15) is 0 Å². The minimum atomic E-state index is -1.04. The summed E-state index contributed by atoms with van der Waals surface area (Å²) in [5.74, 6) is -0.513. The molecule has 1 aliphatic heterocycles. The molecule has 1 atom stereocenters. The van der Waals surface area contributed by atoms with Gasteiger partial charge in [0.15, 0.2) is 0 Å². The van der Waals surface area contributed by atoms with Gasteiger partial charge in [-0.2, -0.15) is 0 Å². The third-order valence-corrected chi connectivity index (χ3v) is 5.31. The molecule has 0 aromatic carbocycles. The molecule has 1 saturated heterocycles. The maximum atomic E-state index is 12.4. The molecule has 1 aromatic heterocycles. The molecular weight excluding hydrogens is 330 g/mol. The monoisotopic (exact) mass is 355 g/mol. The molecule has 0 spiro atoms. The molecule has 0 unspecified atom stereocenters. The van der Waals surface area contributed by atoms with Gasteiger partial charge in [-0.25, -0.2) is 0 Å². The maximum Gasteiger partial charge on any atom is 0.237 e. The summed E-state index contributed by atoms with van der Waals surface area (Å²) in [4.78, 5) is 27.7. The molecule has 8 heteroatoms. The van der Waals surface area contributed by atoms with Gasteiger partial charge < -0.3 is 20.8 Å². The lowest BCUT2D eigenvalue weighted by atomic mass is 9.97. The summed E-state index contributed by atoms with van der Waals surface area (Å²) in [5.41, 5.74) is -1.04. The highest BCUT2D eigenvalue weighted by Gasteiger charge is 2.34. The molecule has 4 N–H and O–H groups in total. The summed E-state index contributed by atoms with van der Waals surface area (Å²) in [7, 11) is 0. The molecule has 134 valence electrons. The second-order valence-corrected chi connectivity index (χ2v) is 7.09. The Hall–Kier alpha value is -1.48. The predicted octanol–water partition coefficient (Wildman–Crippen LogP) is -0.312. The van der Waals surface area contributed by atoms with Crippen molar-refractivity contribution in [2.75, 3.05) is 26.3 Å². The van der Waals surface area contributed by atoms with Crippen LogP contribution in [0.1, 0.15) is 24.6 Å². The Labute approximate surface area is 145 Å². The summed E-state index contributed by atoms with van der Waals surface area (Å²) >= 11 is 1.62. The lowest BCUT2D eigenvalue weighted by Crippen LogP contribution is -2.58. The van der Waals surface area contributed by atoms with E-state index >= 15 is 0 Å².